The van der Waals surface area contributed by atoms with Crippen molar-refractivity contribution in [2.45, 2.75) is 39.0 Å². The van der Waals surface area contributed by atoms with Gasteiger partial charge in [0.05, 0.1) is 12.7 Å². The third kappa shape index (κ3) is 6.73. The Morgan fingerprint density at radius 2 is 1.89 bits per heavy atom. The van der Waals surface area contributed by atoms with Crippen molar-refractivity contribution in [3.05, 3.63) is 53.1 Å². The Morgan fingerprint density at radius 1 is 1.15 bits per heavy atom. The molecule has 0 saturated heterocycles. The SMILES string of the molecule is COC(=O)c1ccc(NC(=O)/C(C)=C/C(=O)NCCC2=CCCCC2)cc1. The number of carbonyl (C=O) groups is 3. The Kier molecular flexibility index (Phi) is 7.79. The maximum atomic E-state index is 12.2. The molecule has 2 N–H and O–H groups in total. The molecule has 1 aromatic carbocycles. The molecule has 1 aliphatic carbocycles. The van der Waals surface area contributed by atoms with Crippen LogP contribution in [0.4, 0.5) is 5.69 Å². The number of methoxy groups -OCH3 is 1. The normalized spacial score (nSPS) is 14.1. The van der Waals surface area contributed by atoms with E-state index in [0.29, 0.717) is 23.4 Å². The lowest BCUT2D eigenvalue weighted by molar-refractivity contribution is -0.117. The average molecular weight is 370 g/mol. The largest absolute Gasteiger partial charge is 0.465 e. The van der Waals surface area contributed by atoms with E-state index in [9.17, 15) is 14.4 Å². The quantitative estimate of drug-likeness (QED) is 0.438. The zero-order chi connectivity index (χ0) is 19.6. The summed E-state index contributed by atoms with van der Waals surface area (Å²) in [5.41, 5.74) is 2.64. The van der Waals surface area contributed by atoms with Gasteiger partial charge in [0.1, 0.15) is 0 Å². The second-order valence-electron chi connectivity index (χ2n) is 6.50. The van der Waals surface area contributed by atoms with Crippen molar-refractivity contribution in [3.8, 4) is 0 Å². The van der Waals surface area contributed by atoms with Gasteiger partial charge < -0.3 is 15.4 Å². The zero-order valence-corrected chi connectivity index (χ0v) is 15.8. The van der Waals surface area contributed by atoms with E-state index >= 15 is 0 Å². The van der Waals surface area contributed by atoms with E-state index in [-0.39, 0.29) is 11.8 Å². The molecule has 2 amide bonds. The van der Waals surface area contributed by atoms with Gasteiger partial charge in [-0.05, 0) is 63.3 Å². The van der Waals surface area contributed by atoms with Crippen molar-refractivity contribution in [2.24, 2.45) is 0 Å². The van der Waals surface area contributed by atoms with E-state index in [1.807, 2.05) is 0 Å². The molecule has 0 unspecified atom stereocenters. The Morgan fingerprint density at radius 3 is 2.52 bits per heavy atom. The number of amides is 2. The molecule has 1 aromatic rings. The average Bonchev–Trinajstić information content (AvgIpc) is 2.68. The summed E-state index contributed by atoms with van der Waals surface area (Å²) in [7, 11) is 1.31. The van der Waals surface area contributed by atoms with Crippen molar-refractivity contribution in [1.29, 1.82) is 0 Å². The lowest BCUT2D eigenvalue weighted by Gasteiger charge is -2.12. The monoisotopic (exact) mass is 370 g/mol. The van der Waals surface area contributed by atoms with Crippen molar-refractivity contribution in [1.82, 2.24) is 5.32 Å². The van der Waals surface area contributed by atoms with Crippen LogP contribution < -0.4 is 10.6 Å². The maximum absolute atomic E-state index is 12.2. The van der Waals surface area contributed by atoms with Gasteiger partial charge in [0.15, 0.2) is 0 Å². The van der Waals surface area contributed by atoms with Gasteiger partial charge in [0.25, 0.3) is 5.91 Å². The minimum Gasteiger partial charge on any atom is -0.465 e. The fourth-order valence-electron chi connectivity index (χ4n) is 2.83. The number of hydrogen-bond donors (Lipinski definition) is 2. The molecular formula is C21H26N2O4. The van der Waals surface area contributed by atoms with Crippen LogP contribution in [0.2, 0.25) is 0 Å². The van der Waals surface area contributed by atoms with Crippen molar-refractivity contribution < 1.29 is 19.1 Å². The second-order valence-corrected chi connectivity index (χ2v) is 6.50. The van der Waals surface area contributed by atoms with Crippen LogP contribution >= 0.6 is 0 Å². The molecule has 1 aliphatic rings. The minimum atomic E-state index is -0.440. The molecule has 2 rings (SSSR count). The Bertz CT molecular complexity index is 748. The molecule has 0 aromatic heterocycles. The summed E-state index contributed by atoms with van der Waals surface area (Å²) >= 11 is 0. The molecule has 0 radical (unpaired) electrons. The first-order valence-electron chi connectivity index (χ1n) is 9.13. The number of ether oxygens (including phenoxy) is 1. The van der Waals surface area contributed by atoms with E-state index in [1.165, 1.54) is 31.6 Å². The standard InChI is InChI=1S/C21H26N2O4/c1-15(14-19(24)22-13-12-16-6-4-3-5-7-16)20(25)23-18-10-8-17(9-11-18)21(26)27-2/h6,8-11,14H,3-5,7,12-13H2,1-2H3,(H,22,24)(H,23,25)/b15-14+. The highest BCUT2D eigenvalue weighted by Crippen LogP contribution is 2.19. The van der Waals surface area contributed by atoms with Gasteiger partial charge in [-0.2, -0.15) is 0 Å². The van der Waals surface area contributed by atoms with Crippen LogP contribution in [0, 0.1) is 0 Å². The van der Waals surface area contributed by atoms with E-state index < -0.39 is 5.97 Å². The molecule has 0 saturated carbocycles. The molecule has 6 nitrogen and oxygen atoms in total. The minimum absolute atomic E-state index is 0.278. The van der Waals surface area contributed by atoms with Crippen LogP contribution in [0.25, 0.3) is 0 Å². The molecule has 27 heavy (non-hydrogen) atoms. The molecule has 144 valence electrons. The topological polar surface area (TPSA) is 84.5 Å². The molecular weight excluding hydrogens is 344 g/mol. The Hall–Kier alpha value is -2.89. The highest BCUT2D eigenvalue weighted by molar-refractivity contribution is 6.07. The summed E-state index contributed by atoms with van der Waals surface area (Å²) in [6.45, 7) is 2.16. The zero-order valence-electron chi connectivity index (χ0n) is 15.8. The van der Waals surface area contributed by atoms with E-state index in [1.54, 1.807) is 31.2 Å². The van der Waals surface area contributed by atoms with Crippen LogP contribution in [-0.2, 0) is 14.3 Å². The van der Waals surface area contributed by atoms with Gasteiger partial charge >= 0.3 is 5.97 Å². The van der Waals surface area contributed by atoms with Gasteiger partial charge in [-0.3, -0.25) is 9.59 Å². The lowest BCUT2D eigenvalue weighted by atomic mass is 9.97. The first kappa shape index (κ1) is 20.4. The second kappa shape index (κ2) is 10.3. The first-order valence-corrected chi connectivity index (χ1v) is 9.13. The van der Waals surface area contributed by atoms with Gasteiger partial charge in [-0.15, -0.1) is 0 Å². The van der Waals surface area contributed by atoms with Crippen molar-refractivity contribution >= 4 is 23.5 Å². The van der Waals surface area contributed by atoms with Gasteiger partial charge in [0.2, 0.25) is 5.91 Å². The highest BCUT2D eigenvalue weighted by Gasteiger charge is 2.09. The summed E-state index contributed by atoms with van der Waals surface area (Å²) < 4.78 is 4.63. The number of benzene rings is 1. The predicted molar refractivity (Wildman–Crippen MR) is 104 cm³/mol. The van der Waals surface area contributed by atoms with Crippen LogP contribution in [0.5, 0.6) is 0 Å². The van der Waals surface area contributed by atoms with Gasteiger partial charge in [0, 0.05) is 23.9 Å². The van der Waals surface area contributed by atoms with Crippen molar-refractivity contribution in [3.63, 3.8) is 0 Å². The summed E-state index contributed by atoms with van der Waals surface area (Å²) in [6, 6.07) is 6.34. The maximum Gasteiger partial charge on any atom is 0.337 e. The lowest BCUT2D eigenvalue weighted by Crippen LogP contribution is -2.24. The number of anilines is 1. The molecule has 0 fully saturated rings. The number of allylic oxidation sites excluding steroid dienone is 1. The molecule has 0 spiro atoms. The molecule has 0 atom stereocenters. The van der Waals surface area contributed by atoms with E-state index in [0.717, 1.165) is 19.3 Å². The number of hydrogen-bond acceptors (Lipinski definition) is 4. The summed E-state index contributed by atoms with van der Waals surface area (Å²) in [5, 5.41) is 5.51. The first-order chi connectivity index (χ1) is 13.0. The van der Waals surface area contributed by atoms with Crippen LogP contribution in [0.15, 0.2) is 47.6 Å². The van der Waals surface area contributed by atoms with Crippen LogP contribution in [0.3, 0.4) is 0 Å². The summed E-state index contributed by atoms with van der Waals surface area (Å²) in [4.78, 5) is 35.5. The fraction of sp³-hybridized carbons (Fsp3) is 0.381. The fourth-order valence-corrected chi connectivity index (χ4v) is 2.83. The van der Waals surface area contributed by atoms with Crippen LogP contribution in [0.1, 0.15) is 49.4 Å². The number of esters is 1. The summed E-state index contributed by atoms with van der Waals surface area (Å²) in [6.07, 6.45) is 9.13. The van der Waals surface area contributed by atoms with Crippen LogP contribution in [-0.4, -0.2) is 31.4 Å². The number of rotatable bonds is 7. The van der Waals surface area contributed by atoms with E-state index in [4.69, 9.17) is 0 Å². The highest BCUT2D eigenvalue weighted by atomic mass is 16.5. The third-order valence-electron chi connectivity index (χ3n) is 4.40. The van der Waals surface area contributed by atoms with E-state index in [2.05, 4.69) is 21.4 Å². The Labute approximate surface area is 159 Å². The van der Waals surface area contributed by atoms with Gasteiger partial charge in [-0.1, -0.05) is 11.6 Å². The molecule has 0 bridgehead atoms. The molecule has 0 aliphatic heterocycles. The third-order valence-corrected chi connectivity index (χ3v) is 4.40. The number of carbonyl (C=O) groups excluding carboxylic acids is 3. The summed E-state index contributed by atoms with van der Waals surface area (Å²) in [5.74, 6) is -1.09. The smallest absolute Gasteiger partial charge is 0.337 e. The molecule has 6 heteroatoms. The number of nitrogens with one attached hydrogen (secondary N) is 2. The van der Waals surface area contributed by atoms with Gasteiger partial charge in [-0.25, -0.2) is 4.79 Å². The Balaban J connectivity index is 1.81. The van der Waals surface area contributed by atoms with Crippen molar-refractivity contribution in [2.75, 3.05) is 19.0 Å². The predicted octanol–water partition coefficient (Wildman–Crippen LogP) is 3.36. The molecule has 0 heterocycles.